The predicted octanol–water partition coefficient (Wildman–Crippen LogP) is 1.97. The van der Waals surface area contributed by atoms with E-state index < -0.39 is 24.0 Å². The smallest absolute Gasteiger partial charge is 0.344 e. The molecule has 0 bridgehead atoms. The molecule has 2 aromatic rings. The molecule has 6 heteroatoms. The van der Waals surface area contributed by atoms with E-state index in [2.05, 4.69) is 17.2 Å². The third-order valence-electron chi connectivity index (χ3n) is 3.64. The van der Waals surface area contributed by atoms with Crippen LogP contribution >= 0.6 is 0 Å². The van der Waals surface area contributed by atoms with Gasteiger partial charge in [0, 0.05) is 6.20 Å². The number of amides is 1. The van der Waals surface area contributed by atoms with E-state index in [4.69, 9.17) is 4.74 Å². The molecule has 24 heavy (non-hydrogen) atoms. The zero-order valence-electron chi connectivity index (χ0n) is 13.7. The normalized spacial score (nSPS) is 11.6. The van der Waals surface area contributed by atoms with E-state index in [-0.39, 0.29) is 11.6 Å². The van der Waals surface area contributed by atoms with Gasteiger partial charge in [0.2, 0.25) is 0 Å². The number of rotatable bonds is 6. The molecule has 1 heterocycles. The highest BCUT2D eigenvalue weighted by Gasteiger charge is 2.15. The van der Waals surface area contributed by atoms with Crippen LogP contribution in [0.2, 0.25) is 0 Å². The fourth-order valence-corrected chi connectivity index (χ4v) is 2.20. The van der Waals surface area contributed by atoms with Crippen molar-refractivity contribution in [1.82, 2.24) is 10.3 Å². The molecule has 1 amide bonds. The van der Waals surface area contributed by atoms with Gasteiger partial charge in [-0.3, -0.25) is 9.59 Å². The fraction of sp³-hybridized carbons (Fsp3) is 0.278. The van der Waals surface area contributed by atoms with Crippen molar-refractivity contribution in [1.29, 1.82) is 0 Å². The second-order valence-corrected chi connectivity index (χ2v) is 5.37. The summed E-state index contributed by atoms with van der Waals surface area (Å²) in [7, 11) is 0. The van der Waals surface area contributed by atoms with Crippen molar-refractivity contribution in [3.63, 3.8) is 0 Å². The molecular weight excluding hydrogens is 308 g/mol. The van der Waals surface area contributed by atoms with Crippen molar-refractivity contribution >= 4 is 11.9 Å². The lowest BCUT2D eigenvalue weighted by Gasteiger charge is -2.14. The van der Waals surface area contributed by atoms with Gasteiger partial charge in [-0.1, -0.05) is 31.2 Å². The predicted molar refractivity (Wildman–Crippen MR) is 89.7 cm³/mol. The van der Waals surface area contributed by atoms with Crippen molar-refractivity contribution in [2.75, 3.05) is 6.61 Å². The lowest BCUT2D eigenvalue weighted by atomic mass is 10.1. The Hall–Kier alpha value is -2.89. The summed E-state index contributed by atoms with van der Waals surface area (Å²) >= 11 is 0. The van der Waals surface area contributed by atoms with E-state index in [1.54, 1.807) is 0 Å². The minimum Gasteiger partial charge on any atom is -0.452 e. The van der Waals surface area contributed by atoms with E-state index in [1.165, 1.54) is 23.9 Å². The second kappa shape index (κ2) is 8.10. The number of benzene rings is 1. The van der Waals surface area contributed by atoms with Gasteiger partial charge in [0.15, 0.2) is 6.61 Å². The minimum atomic E-state index is -0.827. The van der Waals surface area contributed by atoms with E-state index in [0.717, 1.165) is 12.0 Å². The molecule has 1 aromatic heterocycles. The number of pyridine rings is 1. The van der Waals surface area contributed by atoms with Gasteiger partial charge in [-0.2, -0.15) is 0 Å². The molecule has 126 valence electrons. The van der Waals surface area contributed by atoms with Crippen molar-refractivity contribution in [2.45, 2.75) is 26.3 Å². The third-order valence-corrected chi connectivity index (χ3v) is 3.64. The zero-order valence-corrected chi connectivity index (χ0v) is 13.7. The van der Waals surface area contributed by atoms with Crippen LogP contribution in [0.25, 0.3) is 0 Å². The SMILES string of the molecule is CCc1ccc([C@@H](C)NC(=O)COC(=O)c2ccc[nH]c2=O)cc1. The topological polar surface area (TPSA) is 88.3 Å². The third kappa shape index (κ3) is 4.55. The molecule has 0 aliphatic heterocycles. The molecule has 0 saturated heterocycles. The average molecular weight is 328 g/mol. The number of carbonyl (C=O) groups excluding carboxylic acids is 2. The maximum atomic E-state index is 11.9. The Kier molecular flexibility index (Phi) is 5.89. The monoisotopic (exact) mass is 328 g/mol. The summed E-state index contributed by atoms with van der Waals surface area (Å²) in [6.45, 7) is 3.49. The molecule has 0 aliphatic carbocycles. The number of hydrogen-bond donors (Lipinski definition) is 2. The highest BCUT2D eigenvalue weighted by molar-refractivity contribution is 5.90. The first-order valence-electron chi connectivity index (χ1n) is 7.74. The van der Waals surface area contributed by atoms with Crippen molar-refractivity contribution < 1.29 is 14.3 Å². The van der Waals surface area contributed by atoms with Crippen molar-refractivity contribution in [3.05, 3.63) is 69.6 Å². The fourth-order valence-electron chi connectivity index (χ4n) is 2.20. The van der Waals surface area contributed by atoms with Crippen LogP contribution in [0.3, 0.4) is 0 Å². The molecule has 2 rings (SSSR count). The van der Waals surface area contributed by atoms with Gasteiger partial charge in [-0.15, -0.1) is 0 Å². The van der Waals surface area contributed by atoms with Gasteiger partial charge in [-0.05, 0) is 36.6 Å². The van der Waals surface area contributed by atoms with Crippen LogP contribution in [0.1, 0.15) is 41.4 Å². The number of H-pyrrole nitrogens is 1. The molecule has 1 aromatic carbocycles. The Morgan fingerprint density at radius 3 is 2.54 bits per heavy atom. The lowest BCUT2D eigenvalue weighted by molar-refractivity contribution is -0.124. The molecule has 1 atom stereocenters. The standard InChI is InChI=1S/C18H20N2O4/c1-3-13-6-8-14(9-7-13)12(2)20-16(21)11-24-18(23)15-5-4-10-19-17(15)22/h4-10,12H,3,11H2,1-2H3,(H,19,22)(H,20,21)/t12-/m1/s1. The molecule has 0 fully saturated rings. The molecule has 6 nitrogen and oxygen atoms in total. The Morgan fingerprint density at radius 2 is 1.92 bits per heavy atom. The van der Waals surface area contributed by atoms with Crippen LogP contribution in [0.4, 0.5) is 0 Å². The largest absolute Gasteiger partial charge is 0.452 e. The number of aryl methyl sites for hydroxylation is 1. The molecule has 0 saturated carbocycles. The molecule has 0 radical (unpaired) electrons. The number of carbonyl (C=O) groups is 2. The Morgan fingerprint density at radius 1 is 1.21 bits per heavy atom. The Bertz CT molecular complexity index is 765. The zero-order chi connectivity index (χ0) is 17.5. The van der Waals surface area contributed by atoms with Crippen LogP contribution in [0.15, 0.2) is 47.4 Å². The summed E-state index contributed by atoms with van der Waals surface area (Å²) in [4.78, 5) is 37.5. The van der Waals surface area contributed by atoms with Gasteiger partial charge in [-0.25, -0.2) is 4.79 Å². The summed E-state index contributed by atoms with van der Waals surface area (Å²) in [6.07, 6.45) is 2.37. The van der Waals surface area contributed by atoms with E-state index >= 15 is 0 Å². The summed E-state index contributed by atoms with van der Waals surface area (Å²) in [5.74, 6) is -1.25. The first-order valence-corrected chi connectivity index (χ1v) is 7.74. The van der Waals surface area contributed by atoms with Crippen LogP contribution in [-0.2, 0) is 16.0 Å². The van der Waals surface area contributed by atoms with Crippen molar-refractivity contribution in [2.24, 2.45) is 0 Å². The molecule has 2 N–H and O–H groups in total. The Labute approximate surface area is 139 Å². The van der Waals surface area contributed by atoms with Gasteiger partial charge in [0.05, 0.1) is 6.04 Å². The summed E-state index contributed by atoms with van der Waals surface area (Å²) in [5, 5.41) is 2.75. The molecule has 0 spiro atoms. The van der Waals surface area contributed by atoms with Gasteiger partial charge < -0.3 is 15.0 Å². The van der Waals surface area contributed by atoms with Gasteiger partial charge >= 0.3 is 5.97 Å². The second-order valence-electron chi connectivity index (χ2n) is 5.37. The van der Waals surface area contributed by atoms with Gasteiger partial charge in [0.25, 0.3) is 11.5 Å². The average Bonchev–Trinajstić information content (AvgIpc) is 2.60. The first-order chi connectivity index (χ1) is 11.5. The Balaban J connectivity index is 1.87. The van der Waals surface area contributed by atoms with Crippen LogP contribution < -0.4 is 10.9 Å². The lowest BCUT2D eigenvalue weighted by Crippen LogP contribution is -2.31. The summed E-state index contributed by atoms with van der Waals surface area (Å²) < 4.78 is 4.87. The first kappa shape index (κ1) is 17.5. The molecule has 0 unspecified atom stereocenters. The van der Waals surface area contributed by atoms with E-state index in [0.29, 0.717) is 0 Å². The minimum absolute atomic E-state index is 0.131. The number of nitrogens with one attached hydrogen (secondary N) is 2. The van der Waals surface area contributed by atoms with E-state index in [1.807, 2.05) is 31.2 Å². The van der Waals surface area contributed by atoms with Crippen LogP contribution in [0.5, 0.6) is 0 Å². The quantitative estimate of drug-likeness (QED) is 0.794. The summed E-state index contributed by atoms with van der Waals surface area (Å²) in [5.41, 5.74) is 1.51. The number of hydrogen-bond acceptors (Lipinski definition) is 4. The maximum absolute atomic E-state index is 11.9. The maximum Gasteiger partial charge on any atom is 0.344 e. The number of esters is 1. The van der Waals surface area contributed by atoms with E-state index in [9.17, 15) is 14.4 Å². The summed E-state index contributed by atoms with van der Waals surface area (Å²) in [6, 6.07) is 10.6. The molecule has 0 aliphatic rings. The molecular formula is C18H20N2O4. The highest BCUT2D eigenvalue weighted by Crippen LogP contribution is 2.13. The van der Waals surface area contributed by atoms with Crippen molar-refractivity contribution in [3.8, 4) is 0 Å². The number of aromatic amines is 1. The van der Waals surface area contributed by atoms with Gasteiger partial charge in [0.1, 0.15) is 5.56 Å². The van der Waals surface area contributed by atoms with Crippen LogP contribution in [0, 0.1) is 0 Å². The highest BCUT2D eigenvalue weighted by atomic mass is 16.5. The van der Waals surface area contributed by atoms with Crippen LogP contribution in [-0.4, -0.2) is 23.5 Å². The number of aromatic nitrogens is 1. The number of ether oxygens (including phenoxy) is 1.